The van der Waals surface area contributed by atoms with E-state index >= 15 is 0 Å². The zero-order chi connectivity index (χ0) is 15.1. The Kier molecular flexibility index (Phi) is 3.26. The number of benzene rings is 1. The molecule has 0 radical (unpaired) electrons. The van der Waals surface area contributed by atoms with Crippen molar-refractivity contribution < 1.29 is 5.11 Å². The minimum absolute atomic E-state index is 0.126. The third-order valence-corrected chi connectivity index (χ3v) is 4.94. The lowest BCUT2D eigenvalue weighted by Gasteiger charge is -2.42. The molecule has 0 unspecified atom stereocenters. The molecule has 1 aromatic heterocycles. The second-order valence-electron chi connectivity index (χ2n) is 6.52. The summed E-state index contributed by atoms with van der Waals surface area (Å²) < 4.78 is 1.95. The van der Waals surface area contributed by atoms with Gasteiger partial charge in [0.2, 0.25) is 0 Å². The molecule has 2 bridgehead atoms. The molecule has 2 aromatic rings. The lowest BCUT2D eigenvalue weighted by atomic mass is 9.83. The van der Waals surface area contributed by atoms with Crippen molar-refractivity contribution in [2.45, 2.75) is 25.4 Å². The monoisotopic (exact) mass is 296 g/mol. The molecule has 3 heterocycles. The summed E-state index contributed by atoms with van der Waals surface area (Å²) in [5.41, 5.74) is 2.28. The molecule has 4 rings (SSSR count). The van der Waals surface area contributed by atoms with Crippen molar-refractivity contribution in [3.05, 3.63) is 64.1 Å². The van der Waals surface area contributed by atoms with Gasteiger partial charge < -0.3 is 9.67 Å². The Hall–Kier alpha value is -2.07. The first kappa shape index (κ1) is 13.6. The fraction of sp³-hybridized carbons (Fsp3) is 0.389. The van der Waals surface area contributed by atoms with Gasteiger partial charge in [-0.05, 0) is 24.5 Å². The van der Waals surface area contributed by atoms with Crippen LogP contribution in [0.25, 0.3) is 0 Å². The largest absolute Gasteiger partial charge is 0.508 e. The first-order valence-electron chi connectivity index (χ1n) is 7.89. The number of rotatable bonds is 2. The molecule has 2 aliphatic rings. The smallest absolute Gasteiger partial charge is 0.250 e. The van der Waals surface area contributed by atoms with Gasteiger partial charge in [-0.15, -0.1) is 0 Å². The molecule has 4 heteroatoms. The Morgan fingerprint density at radius 2 is 1.91 bits per heavy atom. The van der Waals surface area contributed by atoms with E-state index in [1.54, 1.807) is 12.1 Å². The fourth-order valence-electron chi connectivity index (χ4n) is 4.01. The van der Waals surface area contributed by atoms with Crippen LogP contribution in [-0.2, 0) is 13.1 Å². The van der Waals surface area contributed by atoms with Crippen LogP contribution < -0.4 is 5.56 Å². The maximum Gasteiger partial charge on any atom is 0.250 e. The van der Waals surface area contributed by atoms with E-state index in [2.05, 4.69) is 11.0 Å². The second kappa shape index (κ2) is 5.29. The van der Waals surface area contributed by atoms with Gasteiger partial charge in [-0.25, -0.2) is 0 Å². The molecule has 4 nitrogen and oxygen atoms in total. The van der Waals surface area contributed by atoms with Crippen LogP contribution in [0.3, 0.4) is 0 Å². The summed E-state index contributed by atoms with van der Waals surface area (Å²) in [7, 11) is 0. The van der Waals surface area contributed by atoms with Crippen LogP contribution in [0.15, 0.2) is 47.3 Å². The third kappa shape index (κ3) is 2.33. The van der Waals surface area contributed by atoms with Crippen LogP contribution in [-0.4, -0.2) is 27.7 Å². The molecule has 2 aliphatic heterocycles. The average Bonchev–Trinajstić information content (AvgIpc) is 2.51. The van der Waals surface area contributed by atoms with Crippen LogP contribution >= 0.6 is 0 Å². The van der Waals surface area contributed by atoms with Crippen LogP contribution in [0, 0.1) is 5.92 Å². The Morgan fingerprint density at radius 3 is 2.77 bits per heavy atom. The number of piperidine rings is 1. The predicted octanol–water partition coefficient (Wildman–Crippen LogP) is 2.17. The number of likely N-dealkylation sites (tertiary alicyclic amines) is 1. The van der Waals surface area contributed by atoms with Crippen molar-refractivity contribution in [2.75, 3.05) is 13.1 Å². The number of pyridine rings is 1. The molecular weight excluding hydrogens is 276 g/mol. The summed E-state index contributed by atoms with van der Waals surface area (Å²) in [5, 5.41) is 9.97. The molecule has 0 spiro atoms. The number of phenolic OH excluding ortho intramolecular Hbond substituents is 1. The van der Waals surface area contributed by atoms with E-state index in [0.717, 1.165) is 31.7 Å². The Balaban J connectivity index is 1.59. The summed E-state index contributed by atoms with van der Waals surface area (Å²) in [6.07, 6.45) is 1.17. The SMILES string of the molecule is O=c1cccc2n1C[C@@H]1C[C@@H]2CN(Cc2ccccc2O)C1. The molecule has 0 aliphatic carbocycles. The molecule has 2 atom stereocenters. The lowest BCUT2D eigenvalue weighted by Crippen LogP contribution is -2.46. The molecule has 1 N–H and O–H groups in total. The highest BCUT2D eigenvalue weighted by atomic mass is 16.3. The van der Waals surface area contributed by atoms with E-state index in [1.165, 1.54) is 12.1 Å². The fourth-order valence-corrected chi connectivity index (χ4v) is 4.01. The van der Waals surface area contributed by atoms with E-state index in [1.807, 2.05) is 28.8 Å². The van der Waals surface area contributed by atoms with E-state index < -0.39 is 0 Å². The molecule has 1 fully saturated rings. The van der Waals surface area contributed by atoms with Gasteiger partial charge in [-0.3, -0.25) is 9.69 Å². The van der Waals surface area contributed by atoms with E-state index in [4.69, 9.17) is 0 Å². The van der Waals surface area contributed by atoms with Crippen LogP contribution in [0.1, 0.15) is 23.6 Å². The Labute approximate surface area is 129 Å². The predicted molar refractivity (Wildman–Crippen MR) is 84.9 cm³/mol. The van der Waals surface area contributed by atoms with E-state index in [-0.39, 0.29) is 5.56 Å². The number of phenols is 1. The van der Waals surface area contributed by atoms with Gasteiger partial charge >= 0.3 is 0 Å². The molecule has 22 heavy (non-hydrogen) atoms. The molecule has 0 saturated carbocycles. The molecule has 114 valence electrons. The number of aromatic hydroxyl groups is 1. The topological polar surface area (TPSA) is 45.5 Å². The zero-order valence-electron chi connectivity index (χ0n) is 12.5. The van der Waals surface area contributed by atoms with Gasteiger partial charge in [0.15, 0.2) is 0 Å². The van der Waals surface area contributed by atoms with Gasteiger partial charge in [0.05, 0.1) is 0 Å². The molecular formula is C18H20N2O2. The first-order chi connectivity index (χ1) is 10.7. The third-order valence-electron chi connectivity index (χ3n) is 4.94. The number of nitrogens with zero attached hydrogens (tertiary/aromatic N) is 2. The zero-order valence-corrected chi connectivity index (χ0v) is 12.5. The van der Waals surface area contributed by atoms with Crippen molar-refractivity contribution in [1.29, 1.82) is 0 Å². The van der Waals surface area contributed by atoms with E-state index in [9.17, 15) is 9.90 Å². The second-order valence-corrected chi connectivity index (χ2v) is 6.52. The molecule has 1 saturated heterocycles. The van der Waals surface area contributed by atoms with Crippen molar-refractivity contribution >= 4 is 0 Å². The van der Waals surface area contributed by atoms with E-state index in [0.29, 0.717) is 17.6 Å². The number of hydrogen-bond acceptors (Lipinski definition) is 3. The quantitative estimate of drug-likeness (QED) is 0.924. The number of aromatic nitrogens is 1. The normalized spacial score (nSPS) is 24.0. The summed E-state index contributed by atoms with van der Waals surface area (Å²) in [5.74, 6) is 1.32. The van der Waals surface area contributed by atoms with Crippen molar-refractivity contribution in [1.82, 2.24) is 9.47 Å². The van der Waals surface area contributed by atoms with Crippen LogP contribution in [0.4, 0.5) is 0 Å². The first-order valence-corrected chi connectivity index (χ1v) is 7.89. The number of hydrogen-bond donors (Lipinski definition) is 1. The highest BCUT2D eigenvalue weighted by Crippen LogP contribution is 2.35. The van der Waals surface area contributed by atoms with Crippen molar-refractivity contribution in [3.8, 4) is 5.75 Å². The van der Waals surface area contributed by atoms with Gasteiger partial charge in [0.25, 0.3) is 5.56 Å². The van der Waals surface area contributed by atoms with Crippen LogP contribution in [0.2, 0.25) is 0 Å². The number of para-hydroxylation sites is 1. The molecule has 1 aromatic carbocycles. The van der Waals surface area contributed by atoms with Gasteiger partial charge in [-0.1, -0.05) is 24.3 Å². The minimum Gasteiger partial charge on any atom is -0.508 e. The van der Waals surface area contributed by atoms with Gasteiger partial charge in [-0.2, -0.15) is 0 Å². The highest BCUT2D eigenvalue weighted by Gasteiger charge is 2.34. The average molecular weight is 296 g/mol. The number of fused-ring (bicyclic) bond motifs is 4. The van der Waals surface area contributed by atoms with Crippen LogP contribution in [0.5, 0.6) is 5.75 Å². The van der Waals surface area contributed by atoms with Gasteiger partial charge in [0, 0.05) is 49.4 Å². The highest BCUT2D eigenvalue weighted by molar-refractivity contribution is 5.31. The Morgan fingerprint density at radius 1 is 1.05 bits per heavy atom. The minimum atomic E-state index is 0.126. The lowest BCUT2D eigenvalue weighted by molar-refractivity contribution is 0.113. The summed E-state index contributed by atoms with van der Waals surface area (Å²) in [6, 6.07) is 13.2. The summed E-state index contributed by atoms with van der Waals surface area (Å²) in [6.45, 7) is 3.54. The van der Waals surface area contributed by atoms with Gasteiger partial charge in [0.1, 0.15) is 5.75 Å². The molecule has 0 amide bonds. The maximum atomic E-state index is 12.0. The maximum absolute atomic E-state index is 12.0. The van der Waals surface area contributed by atoms with Crippen molar-refractivity contribution in [3.63, 3.8) is 0 Å². The summed E-state index contributed by atoms with van der Waals surface area (Å²) in [4.78, 5) is 14.4. The summed E-state index contributed by atoms with van der Waals surface area (Å²) >= 11 is 0. The Bertz CT molecular complexity index is 753. The standard InChI is InChI=1S/C18H20N2O2/c21-17-6-2-1-4-14(17)11-19-9-13-8-15(12-19)16-5-3-7-18(22)20(16)10-13/h1-7,13,15,21H,8-12H2/t13-,15-/m1/s1. The van der Waals surface area contributed by atoms with Crippen molar-refractivity contribution in [2.24, 2.45) is 5.92 Å².